The Labute approximate surface area is 135 Å². The Hall–Kier alpha value is -3.61. The van der Waals surface area contributed by atoms with Gasteiger partial charge in [0.1, 0.15) is 5.65 Å². The highest BCUT2D eigenvalue weighted by Gasteiger charge is 2.15. The summed E-state index contributed by atoms with van der Waals surface area (Å²) in [4.78, 5) is 10.9. The number of nitrogens with one attached hydrogen (secondary N) is 2. The topological polar surface area (TPSA) is 109 Å². The maximum absolute atomic E-state index is 5.53. The summed E-state index contributed by atoms with van der Waals surface area (Å²) in [6, 6.07) is 10.3. The largest absolute Gasteiger partial charge is 0.403 e. The lowest BCUT2D eigenvalue weighted by molar-refractivity contribution is 0.591. The van der Waals surface area contributed by atoms with Crippen LogP contribution in [0.5, 0.6) is 0 Å². The van der Waals surface area contributed by atoms with Gasteiger partial charge in [0.05, 0.1) is 5.56 Å². The molecule has 0 bridgehead atoms. The predicted molar refractivity (Wildman–Crippen MR) is 91.1 cm³/mol. The fourth-order valence-electron chi connectivity index (χ4n) is 2.98. The number of aromatic nitrogens is 5. The van der Waals surface area contributed by atoms with Gasteiger partial charge in [0, 0.05) is 46.0 Å². The standard InChI is InChI=1S/C17H12N6O/c18-17-23-22-16(24-17)13-8-21-15-11(13)5-9(6-20-15)12-7-19-14-4-2-1-3-10(12)14/h1-8,19H,(H2,18,23)(H,20,21). The van der Waals surface area contributed by atoms with Crippen molar-refractivity contribution in [1.82, 2.24) is 25.1 Å². The average Bonchev–Trinajstić information content (AvgIpc) is 3.31. The van der Waals surface area contributed by atoms with Crippen LogP contribution in [0.3, 0.4) is 0 Å². The van der Waals surface area contributed by atoms with Gasteiger partial charge in [0.15, 0.2) is 0 Å². The zero-order valence-corrected chi connectivity index (χ0v) is 12.4. The van der Waals surface area contributed by atoms with E-state index in [9.17, 15) is 0 Å². The molecule has 0 fully saturated rings. The van der Waals surface area contributed by atoms with E-state index in [-0.39, 0.29) is 6.01 Å². The van der Waals surface area contributed by atoms with Gasteiger partial charge in [-0.15, -0.1) is 5.10 Å². The van der Waals surface area contributed by atoms with Crippen LogP contribution in [-0.2, 0) is 0 Å². The number of rotatable bonds is 2. The van der Waals surface area contributed by atoms with E-state index < -0.39 is 0 Å². The molecule has 4 N–H and O–H groups in total. The molecular weight excluding hydrogens is 304 g/mol. The molecule has 1 aromatic carbocycles. The summed E-state index contributed by atoms with van der Waals surface area (Å²) in [5, 5.41) is 9.72. The first-order valence-electron chi connectivity index (χ1n) is 7.42. The van der Waals surface area contributed by atoms with Gasteiger partial charge in [-0.25, -0.2) is 4.98 Å². The molecule has 0 radical (unpaired) electrons. The smallest absolute Gasteiger partial charge is 0.313 e. The summed E-state index contributed by atoms with van der Waals surface area (Å²) in [5.74, 6) is 0.372. The Bertz CT molecular complexity index is 1180. The van der Waals surface area contributed by atoms with Crippen molar-refractivity contribution in [2.75, 3.05) is 5.73 Å². The minimum atomic E-state index is 0.0418. The van der Waals surface area contributed by atoms with E-state index in [1.807, 2.05) is 30.6 Å². The molecule has 5 rings (SSSR count). The number of benzene rings is 1. The lowest BCUT2D eigenvalue weighted by atomic mass is 10.0. The first-order valence-corrected chi connectivity index (χ1v) is 7.42. The number of aromatic amines is 2. The number of para-hydroxylation sites is 1. The van der Waals surface area contributed by atoms with Crippen LogP contribution in [-0.4, -0.2) is 25.1 Å². The van der Waals surface area contributed by atoms with Gasteiger partial charge in [-0.1, -0.05) is 23.3 Å². The number of hydrogen-bond donors (Lipinski definition) is 3. The Morgan fingerprint density at radius 1 is 0.958 bits per heavy atom. The zero-order valence-electron chi connectivity index (χ0n) is 12.4. The molecule has 4 aromatic heterocycles. The monoisotopic (exact) mass is 316 g/mol. The van der Waals surface area contributed by atoms with Gasteiger partial charge < -0.3 is 20.1 Å². The van der Waals surface area contributed by atoms with Crippen molar-refractivity contribution in [2.45, 2.75) is 0 Å². The van der Waals surface area contributed by atoms with Gasteiger partial charge in [-0.05, 0) is 12.1 Å². The third kappa shape index (κ3) is 1.81. The third-order valence-corrected chi connectivity index (χ3v) is 4.10. The van der Waals surface area contributed by atoms with Gasteiger partial charge in [0.25, 0.3) is 5.89 Å². The van der Waals surface area contributed by atoms with E-state index in [0.29, 0.717) is 5.89 Å². The van der Waals surface area contributed by atoms with Crippen LogP contribution in [0.2, 0.25) is 0 Å². The molecule has 0 amide bonds. The third-order valence-electron chi connectivity index (χ3n) is 4.10. The molecule has 0 aliphatic heterocycles. The van der Waals surface area contributed by atoms with Crippen molar-refractivity contribution < 1.29 is 4.42 Å². The summed E-state index contributed by atoms with van der Waals surface area (Å²) in [5.41, 5.74) is 10.3. The molecule has 0 saturated heterocycles. The van der Waals surface area contributed by atoms with Crippen LogP contribution < -0.4 is 5.73 Å². The molecule has 7 heteroatoms. The molecule has 24 heavy (non-hydrogen) atoms. The Kier molecular flexibility index (Phi) is 2.52. The molecule has 0 unspecified atom stereocenters. The zero-order chi connectivity index (χ0) is 16.1. The lowest BCUT2D eigenvalue weighted by Crippen LogP contribution is -1.82. The minimum absolute atomic E-state index is 0.0418. The Morgan fingerprint density at radius 2 is 1.83 bits per heavy atom. The van der Waals surface area contributed by atoms with E-state index in [0.717, 1.165) is 38.6 Å². The van der Waals surface area contributed by atoms with Crippen LogP contribution in [0.15, 0.2) is 53.3 Å². The number of fused-ring (bicyclic) bond motifs is 2. The second-order valence-electron chi connectivity index (χ2n) is 5.52. The molecule has 0 spiro atoms. The number of hydrogen-bond acceptors (Lipinski definition) is 5. The van der Waals surface area contributed by atoms with Crippen molar-refractivity contribution in [3.8, 4) is 22.6 Å². The van der Waals surface area contributed by atoms with Crippen LogP contribution in [0.25, 0.3) is 44.5 Å². The van der Waals surface area contributed by atoms with Crippen LogP contribution in [0.1, 0.15) is 0 Å². The van der Waals surface area contributed by atoms with E-state index in [2.05, 4.69) is 37.3 Å². The molecule has 4 heterocycles. The fourth-order valence-corrected chi connectivity index (χ4v) is 2.98. The van der Waals surface area contributed by atoms with Crippen molar-refractivity contribution in [1.29, 1.82) is 0 Å². The second-order valence-corrected chi connectivity index (χ2v) is 5.52. The molecule has 0 aliphatic carbocycles. The van der Waals surface area contributed by atoms with Crippen molar-refractivity contribution >= 4 is 28.0 Å². The summed E-state index contributed by atoms with van der Waals surface area (Å²) < 4.78 is 5.34. The van der Waals surface area contributed by atoms with Gasteiger partial charge in [-0.3, -0.25) is 0 Å². The normalized spacial score (nSPS) is 11.5. The molecule has 5 aromatic rings. The highest BCUT2D eigenvalue weighted by molar-refractivity contribution is 5.99. The molecule has 116 valence electrons. The summed E-state index contributed by atoms with van der Waals surface area (Å²) in [7, 11) is 0. The predicted octanol–water partition coefficient (Wildman–Crippen LogP) is 3.34. The van der Waals surface area contributed by atoms with Gasteiger partial charge in [0.2, 0.25) is 0 Å². The van der Waals surface area contributed by atoms with Crippen molar-refractivity contribution in [3.63, 3.8) is 0 Å². The maximum atomic E-state index is 5.53. The summed E-state index contributed by atoms with van der Waals surface area (Å²) >= 11 is 0. The minimum Gasteiger partial charge on any atom is -0.403 e. The maximum Gasteiger partial charge on any atom is 0.313 e. The van der Waals surface area contributed by atoms with Crippen molar-refractivity contribution in [2.24, 2.45) is 0 Å². The van der Waals surface area contributed by atoms with E-state index in [1.165, 1.54) is 0 Å². The summed E-state index contributed by atoms with van der Waals surface area (Å²) in [6.45, 7) is 0. The Morgan fingerprint density at radius 3 is 2.71 bits per heavy atom. The molecule has 0 aliphatic rings. The number of nitrogen functional groups attached to an aromatic ring is 1. The van der Waals surface area contributed by atoms with Crippen LogP contribution in [0.4, 0.5) is 6.01 Å². The van der Waals surface area contributed by atoms with Gasteiger partial charge in [-0.2, -0.15) is 0 Å². The van der Waals surface area contributed by atoms with Crippen molar-refractivity contribution in [3.05, 3.63) is 48.9 Å². The number of H-pyrrole nitrogens is 2. The number of nitrogens with zero attached hydrogens (tertiary/aromatic N) is 3. The first kappa shape index (κ1) is 12.9. The first-order chi connectivity index (χ1) is 11.8. The average molecular weight is 316 g/mol. The van der Waals surface area contributed by atoms with Crippen LogP contribution in [0, 0.1) is 0 Å². The second kappa shape index (κ2) is 4.69. The highest BCUT2D eigenvalue weighted by Crippen LogP contribution is 2.33. The summed E-state index contributed by atoms with van der Waals surface area (Å²) in [6.07, 6.45) is 5.63. The van der Waals surface area contributed by atoms with E-state index in [4.69, 9.17) is 10.2 Å². The fraction of sp³-hybridized carbons (Fsp3) is 0. The molecule has 0 saturated carbocycles. The Balaban J connectivity index is 1.73. The molecular formula is C17H12N6O. The highest BCUT2D eigenvalue weighted by atomic mass is 16.4. The molecule has 0 atom stereocenters. The SMILES string of the molecule is Nc1nnc(-c2c[nH]c3ncc(-c4c[nH]c5ccccc45)cc23)o1. The van der Waals surface area contributed by atoms with Crippen LogP contribution >= 0.6 is 0 Å². The quantitative estimate of drug-likeness (QED) is 0.462. The number of anilines is 1. The lowest BCUT2D eigenvalue weighted by Gasteiger charge is -2.00. The van der Waals surface area contributed by atoms with E-state index in [1.54, 1.807) is 6.20 Å². The molecule has 7 nitrogen and oxygen atoms in total. The number of pyridine rings is 1. The van der Waals surface area contributed by atoms with E-state index >= 15 is 0 Å². The number of nitrogens with two attached hydrogens (primary N) is 1. The van der Waals surface area contributed by atoms with Gasteiger partial charge >= 0.3 is 6.01 Å².